The summed E-state index contributed by atoms with van der Waals surface area (Å²) in [6.45, 7) is 3.72. The number of cyclic esters (lactones) is 1. The Kier molecular flexibility index (Phi) is 8.28. The third-order valence-corrected chi connectivity index (χ3v) is 3.32. The first kappa shape index (κ1) is 15.0. The maximum Gasteiger partial charge on any atom is 0.306 e. The average Bonchev–Trinajstić information content (AvgIpc) is 2.77. The lowest BCUT2D eigenvalue weighted by molar-refractivity contribution is -0.141. The summed E-state index contributed by atoms with van der Waals surface area (Å²) >= 11 is 0. The van der Waals surface area contributed by atoms with E-state index in [2.05, 4.69) is 18.7 Å². The molecule has 0 N–H and O–H groups in total. The summed E-state index contributed by atoms with van der Waals surface area (Å²) in [7, 11) is 0. The number of rotatable bonds is 10. The summed E-state index contributed by atoms with van der Waals surface area (Å²) in [5, 5.41) is 0. The third-order valence-electron chi connectivity index (χ3n) is 3.32. The highest BCUT2D eigenvalue weighted by Gasteiger charge is 2.21. The number of hydrogen-bond acceptors (Lipinski definition) is 2. The lowest BCUT2D eigenvalue weighted by Crippen LogP contribution is -2.05. The van der Waals surface area contributed by atoms with Gasteiger partial charge in [-0.2, -0.15) is 0 Å². The number of allylic oxidation sites excluding steroid dienone is 3. The molecule has 0 saturated carbocycles. The summed E-state index contributed by atoms with van der Waals surface area (Å²) in [5.74, 6) is -0.0245. The Morgan fingerprint density at radius 3 is 2.50 bits per heavy atom. The maximum atomic E-state index is 10.9. The van der Waals surface area contributed by atoms with Crippen molar-refractivity contribution >= 4 is 5.97 Å². The van der Waals surface area contributed by atoms with Crippen molar-refractivity contribution < 1.29 is 9.53 Å². The first-order valence-corrected chi connectivity index (χ1v) is 7.28. The molecule has 0 radical (unpaired) electrons. The molecule has 1 aliphatic heterocycles. The predicted octanol–water partition coefficient (Wildman–Crippen LogP) is 4.56. The predicted molar refractivity (Wildman–Crippen MR) is 75.4 cm³/mol. The van der Waals surface area contributed by atoms with Gasteiger partial charge in [0.2, 0.25) is 0 Å². The van der Waals surface area contributed by atoms with Crippen LogP contribution in [0, 0.1) is 0 Å². The molecular formula is C16H26O2. The zero-order valence-electron chi connectivity index (χ0n) is 11.4. The van der Waals surface area contributed by atoms with Gasteiger partial charge in [-0.1, -0.05) is 31.1 Å². The quantitative estimate of drug-likeness (QED) is 0.323. The van der Waals surface area contributed by atoms with Gasteiger partial charge in [0.25, 0.3) is 0 Å². The van der Waals surface area contributed by atoms with Crippen molar-refractivity contribution in [1.82, 2.24) is 0 Å². The van der Waals surface area contributed by atoms with Gasteiger partial charge in [-0.25, -0.2) is 0 Å². The van der Waals surface area contributed by atoms with Gasteiger partial charge in [-0.3, -0.25) is 4.79 Å². The molecular weight excluding hydrogens is 224 g/mol. The Morgan fingerprint density at radius 2 is 1.83 bits per heavy atom. The van der Waals surface area contributed by atoms with E-state index in [9.17, 15) is 4.79 Å². The second-order valence-corrected chi connectivity index (χ2v) is 4.98. The molecule has 0 aromatic heterocycles. The topological polar surface area (TPSA) is 26.3 Å². The van der Waals surface area contributed by atoms with Gasteiger partial charge in [0, 0.05) is 6.42 Å². The normalized spacial score (nSPS) is 19.3. The molecule has 2 heteroatoms. The first-order chi connectivity index (χ1) is 8.83. The minimum absolute atomic E-state index is 0.0245. The van der Waals surface area contributed by atoms with Gasteiger partial charge in [0.05, 0.1) is 0 Å². The van der Waals surface area contributed by atoms with Gasteiger partial charge < -0.3 is 4.74 Å². The molecule has 0 unspecified atom stereocenters. The van der Waals surface area contributed by atoms with Gasteiger partial charge in [-0.05, 0) is 44.9 Å². The van der Waals surface area contributed by atoms with Crippen LogP contribution in [-0.2, 0) is 9.53 Å². The van der Waals surface area contributed by atoms with E-state index in [1.54, 1.807) is 0 Å². The van der Waals surface area contributed by atoms with E-state index in [0.29, 0.717) is 6.42 Å². The fraction of sp³-hybridized carbons (Fsp3) is 0.688. The Labute approximate surface area is 111 Å². The number of unbranched alkanes of at least 4 members (excludes halogenated alkanes) is 5. The molecule has 1 atom stereocenters. The summed E-state index contributed by atoms with van der Waals surface area (Å²) < 4.78 is 5.16. The fourth-order valence-electron chi connectivity index (χ4n) is 2.21. The minimum Gasteiger partial charge on any atom is -0.462 e. The van der Waals surface area contributed by atoms with Crippen molar-refractivity contribution in [3.8, 4) is 0 Å². The van der Waals surface area contributed by atoms with Crippen molar-refractivity contribution in [3.05, 3.63) is 24.8 Å². The SMILES string of the molecule is C=CCCCCCC/C=C\CC[C@@H]1CCC(=O)O1. The second kappa shape index (κ2) is 9.93. The monoisotopic (exact) mass is 250 g/mol. The highest BCUT2D eigenvalue weighted by molar-refractivity contribution is 5.71. The van der Waals surface area contributed by atoms with Gasteiger partial charge in [0.15, 0.2) is 0 Å². The number of esters is 1. The summed E-state index contributed by atoms with van der Waals surface area (Å²) in [4.78, 5) is 10.9. The van der Waals surface area contributed by atoms with Crippen LogP contribution in [0.4, 0.5) is 0 Å². The molecule has 1 fully saturated rings. The van der Waals surface area contributed by atoms with E-state index in [4.69, 9.17) is 4.74 Å². The number of ether oxygens (including phenoxy) is 1. The molecule has 0 amide bonds. The van der Waals surface area contributed by atoms with Crippen LogP contribution in [0.2, 0.25) is 0 Å². The standard InChI is InChI=1S/C16H26O2/c1-2-3-4-5-6-7-8-9-10-11-12-15-13-14-16(17)18-15/h2,9-10,15H,1,3-8,11-14H2/b10-9-/t15-/m1/s1. The van der Waals surface area contributed by atoms with Crippen molar-refractivity contribution in [3.63, 3.8) is 0 Å². The second-order valence-electron chi connectivity index (χ2n) is 4.98. The molecule has 0 aromatic carbocycles. The van der Waals surface area contributed by atoms with Crippen LogP contribution in [0.15, 0.2) is 24.8 Å². The van der Waals surface area contributed by atoms with Crippen LogP contribution in [0.5, 0.6) is 0 Å². The summed E-state index contributed by atoms with van der Waals surface area (Å²) in [5.41, 5.74) is 0. The smallest absolute Gasteiger partial charge is 0.306 e. The first-order valence-electron chi connectivity index (χ1n) is 7.28. The Balaban J connectivity index is 1.85. The minimum atomic E-state index is -0.0245. The molecule has 0 aliphatic carbocycles. The molecule has 1 aliphatic rings. The van der Waals surface area contributed by atoms with E-state index in [1.807, 2.05) is 6.08 Å². The molecule has 1 heterocycles. The largest absolute Gasteiger partial charge is 0.462 e. The molecule has 18 heavy (non-hydrogen) atoms. The van der Waals surface area contributed by atoms with Gasteiger partial charge >= 0.3 is 5.97 Å². The van der Waals surface area contributed by atoms with Crippen molar-refractivity contribution in [2.45, 2.75) is 70.3 Å². The lowest BCUT2D eigenvalue weighted by Gasteiger charge is -2.05. The zero-order valence-corrected chi connectivity index (χ0v) is 11.4. The molecule has 102 valence electrons. The van der Waals surface area contributed by atoms with Crippen molar-refractivity contribution in [1.29, 1.82) is 0 Å². The maximum absolute atomic E-state index is 10.9. The Morgan fingerprint density at radius 1 is 1.11 bits per heavy atom. The third kappa shape index (κ3) is 7.31. The van der Waals surface area contributed by atoms with Crippen LogP contribution < -0.4 is 0 Å². The van der Waals surface area contributed by atoms with Gasteiger partial charge in [-0.15, -0.1) is 6.58 Å². The van der Waals surface area contributed by atoms with Crippen LogP contribution in [0.3, 0.4) is 0 Å². The summed E-state index contributed by atoms with van der Waals surface area (Å²) in [6, 6.07) is 0. The molecule has 0 bridgehead atoms. The molecule has 2 nitrogen and oxygen atoms in total. The number of carbonyl (C=O) groups excluding carboxylic acids is 1. The van der Waals surface area contributed by atoms with Crippen LogP contribution in [0.25, 0.3) is 0 Å². The molecule has 0 spiro atoms. The average molecular weight is 250 g/mol. The van der Waals surface area contributed by atoms with Crippen molar-refractivity contribution in [2.24, 2.45) is 0 Å². The highest BCUT2D eigenvalue weighted by Crippen LogP contribution is 2.18. The summed E-state index contributed by atoms with van der Waals surface area (Å²) in [6.07, 6.45) is 17.7. The highest BCUT2D eigenvalue weighted by atomic mass is 16.5. The lowest BCUT2D eigenvalue weighted by atomic mass is 10.1. The van der Waals surface area contributed by atoms with Crippen molar-refractivity contribution in [2.75, 3.05) is 0 Å². The van der Waals surface area contributed by atoms with E-state index < -0.39 is 0 Å². The number of hydrogen-bond donors (Lipinski definition) is 0. The van der Waals surface area contributed by atoms with Crippen LogP contribution in [-0.4, -0.2) is 12.1 Å². The Hall–Kier alpha value is -1.05. The molecule has 1 saturated heterocycles. The van der Waals surface area contributed by atoms with Gasteiger partial charge in [0.1, 0.15) is 6.10 Å². The zero-order chi connectivity index (χ0) is 13.1. The van der Waals surface area contributed by atoms with E-state index in [-0.39, 0.29) is 12.1 Å². The van der Waals surface area contributed by atoms with E-state index in [0.717, 1.165) is 25.7 Å². The molecule has 1 rings (SSSR count). The Bertz CT molecular complexity index is 268. The van der Waals surface area contributed by atoms with E-state index in [1.165, 1.54) is 32.1 Å². The van der Waals surface area contributed by atoms with Crippen LogP contribution >= 0.6 is 0 Å². The molecule has 0 aromatic rings. The number of carbonyl (C=O) groups is 1. The fourth-order valence-corrected chi connectivity index (χ4v) is 2.21. The van der Waals surface area contributed by atoms with Crippen LogP contribution in [0.1, 0.15) is 64.2 Å². The van der Waals surface area contributed by atoms with E-state index >= 15 is 0 Å².